The highest BCUT2D eigenvalue weighted by Crippen LogP contribution is 2.42. The third-order valence-electron chi connectivity index (χ3n) is 3.38. The fourth-order valence-electron chi connectivity index (χ4n) is 1.89. The number of rotatable bonds is 3. The van der Waals surface area contributed by atoms with Gasteiger partial charge in [-0.15, -0.1) is 0 Å². The van der Waals surface area contributed by atoms with Crippen LogP contribution in [0.4, 0.5) is 0 Å². The van der Waals surface area contributed by atoms with Crippen LogP contribution in [-0.2, 0) is 14.3 Å². The molecule has 0 bridgehead atoms. The lowest BCUT2D eigenvalue weighted by Crippen LogP contribution is -2.43. The van der Waals surface area contributed by atoms with E-state index in [1.165, 1.54) is 0 Å². The number of hydrogen-bond donors (Lipinski definition) is 1. The zero-order chi connectivity index (χ0) is 10.8. The fraction of sp³-hybridized carbons (Fsp3) is 0.900. The molecule has 0 aliphatic heterocycles. The van der Waals surface area contributed by atoms with Crippen LogP contribution >= 0.6 is 0 Å². The van der Waals surface area contributed by atoms with Crippen molar-refractivity contribution < 1.29 is 19.4 Å². The van der Waals surface area contributed by atoms with Crippen LogP contribution in [0, 0.1) is 5.41 Å². The summed E-state index contributed by atoms with van der Waals surface area (Å²) in [5, 5.41) is 9.03. The van der Waals surface area contributed by atoms with Crippen LogP contribution in [0.25, 0.3) is 0 Å². The quantitative estimate of drug-likeness (QED) is 0.707. The summed E-state index contributed by atoms with van der Waals surface area (Å²) in [6.45, 7) is 1.78. The minimum atomic E-state index is -0.724. The van der Waals surface area contributed by atoms with Gasteiger partial charge in [-0.1, -0.05) is 0 Å². The summed E-state index contributed by atoms with van der Waals surface area (Å²) < 4.78 is 10.6. The zero-order valence-electron chi connectivity index (χ0n) is 9.00. The van der Waals surface area contributed by atoms with Gasteiger partial charge in [0.15, 0.2) is 5.79 Å². The van der Waals surface area contributed by atoms with Gasteiger partial charge in [0.05, 0.1) is 5.41 Å². The molecule has 0 aromatic rings. The van der Waals surface area contributed by atoms with Gasteiger partial charge in [-0.3, -0.25) is 4.79 Å². The van der Waals surface area contributed by atoms with E-state index in [1.807, 2.05) is 0 Å². The SMILES string of the molecule is COC1(OC)CCC(C)(C(=O)O)CC1. The molecule has 0 amide bonds. The Morgan fingerprint density at radius 3 is 1.86 bits per heavy atom. The third-order valence-corrected chi connectivity index (χ3v) is 3.38. The molecule has 0 heterocycles. The number of carbonyl (C=O) groups is 1. The molecule has 82 valence electrons. The van der Waals surface area contributed by atoms with Crippen LogP contribution in [0.5, 0.6) is 0 Å². The monoisotopic (exact) mass is 202 g/mol. The molecule has 0 atom stereocenters. The second kappa shape index (κ2) is 3.87. The largest absolute Gasteiger partial charge is 0.481 e. The van der Waals surface area contributed by atoms with Gasteiger partial charge in [0.2, 0.25) is 0 Å². The van der Waals surface area contributed by atoms with Crippen molar-refractivity contribution in [2.24, 2.45) is 5.41 Å². The molecule has 1 fully saturated rings. The predicted molar refractivity (Wildman–Crippen MR) is 51.0 cm³/mol. The van der Waals surface area contributed by atoms with Crippen molar-refractivity contribution in [1.29, 1.82) is 0 Å². The molecular formula is C10H18O4. The van der Waals surface area contributed by atoms with Crippen molar-refractivity contribution in [3.63, 3.8) is 0 Å². The van der Waals surface area contributed by atoms with Crippen molar-refractivity contribution >= 4 is 5.97 Å². The molecule has 0 aromatic carbocycles. The van der Waals surface area contributed by atoms with Gasteiger partial charge in [-0.25, -0.2) is 0 Å². The van der Waals surface area contributed by atoms with E-state index in [1.54, 1.807) is 21.1 Å². The standard InChI is InChI=1S/C10H18O4/c1-9(8(11)12)4-6-10(13-2,14-3)7-5-9/h4-7H2,1-3H3,(H,11,12). The smallest absolute Gasteiger partial charge is 0.309 e. The Balaban J connectivity index is 2.65. The third kappa shape index (κ3) is 1.91. The molecule has 0 radical (unpaired) electrons. The number of aliphatic carboxylic acids is 1. The molecule has 4 heteroatoms. The molecule has 1 rings (SSSR count). The molecule has 0 spiro atoms. The first-order valence-electron chi connectivity index (χ1n) is 4.82. The Morgan fingerprint density at radius 2 is 1.57 bits per heavy atom. The van der Waals surface area contributed by atoms with Crippen LogP contribution in [0.2, 0.25) is 0 Å². The van der Waals surface area contributed by atoms with E-state index in [9.17, 15) is 4.79 Å². The van der Waals surface area contributed by atoms with Crippen molar-refractivity contribution in [2.45, 2.75) is 38.4 Å². The molecule has 0 unspecified atom stereocenters. The number of carboxylic acids is 1. The Hall–Kier alpha value is -0.610. The van der Waals surface area contributed by atoms with E-state index < -0.39 is 17.2 Å². The van der Waals surface area contributed by atoms with Gasteiger partial charge in [-0.2, -0.15) is 0 Å². The minimum absolute atomic E-state index is 0.561. The highest BCUT2D eigenvalue weighted by molar-refractivity contribution is 5.74. The molecule has 14 heavy (non-hydrogen) atoms. The normalized spacial score (nSPS) is 24.5. The molecule has 0 aromatic heterocycles. The Bertz CT molecular complexity index is 210. The molecule has 0 saturated heterocycles. The average Bonchev–Trinajstić information content (AvgIpc) is 2.20. The maximum absolute atomic E-state index is 11.0. The van der Waals surface area contributed by atoms with Crippen LogP contribution in [-0.4, -0.2) is 31.1 Å². The Kier molecular flexibility index (Phi) is 3.17. The maximum atomic E-state index is 11.0. The van der Waals surface area contributed by atoms with Gasteiger partial charge >= 0.3 is 5.97 Å². The summed E-state index contributed by atoms with van der Waals surface area (Å²) in [5.41, 5.74) is -0.611. The van der Waals surface area contributed by atoms with Crippen molar-refractivity contribution in [2.75, 3.05) is 14.2 Å². The molecule has 1 aliphatic carbocycles. The lowest BCUT2D eigenvalue weighted by molar-refractivity contribution is -0.234. The predicted octanol–water partition coefficient (Wildman–Crippen LogP) is 1.64. The Labute approximate surface area is 84.2 Å². The summed E-state index contributed by atoms with van der Waals surface area (Å²) in [6, 6.07) is 0. The minimum Gasteiger partial charge on any atom is -0.481 e. The van der Waals surface area contributed by atoms with Gasteiger partial charge in [0.1, 0.15) is 0 Å². The molecule has 1 saturated carbocycles. The number of methoxy groups -OCH3 is 2. The van der Waals surface area contributed by atoms with Gasteiger partial charge in [-0.05, 0) is 19.8 Å². The molecule has 1 aliphatic rings. The average molecular weight is 202 g/mol. The van der Waals surface area contributed by atoms with Crippen LogP contribution in [0.15, 0.2) is 0 Å². The second-order valence-corrected chi connectivity index (χ2v) is 4.18. The first-order chi connectivity index (χ1) is 6.48. The second-order valence-electron chi connectivity index (χ2n) is 4.18. The van der Waals surface area contributed by atoms with E-state index in [0.717, 1.165) is 0 Å². The lowest BCUT2D eigenvalue weighted by atomic mass is 9.73. The van der Waals surface area contributed by atoms with E-state index in [4.69, 9.17) is 14.6 Å². The number of carboxylic acid groups (broad SMARTS) is 1. The van der Waals surface area contributed by atoms with Crippen LogP contribution in [0.1, 0.15) is 32.6 Å². The topological polar surface area (TPSA) is 55.8 Å². The van der Waals surface area contributed by atoms with Gasteiger partial charge in [0.25, 0.3) is 0 Å². The first-order valence-corrected chi connectivity index (χ1v) is 4.82. The van der Waals surface area contributed by atoms with E-state index in [2.05, 4.69) is 0 Å². The lowest BCUT2D eigenvalue weighted by Gasteiger charge is -2.40. The van der Waals surface area contributed by atoms with E-state index in [0.29, 0.717) is 25.7 Å². The fourth-order valence-corrected chi connectivity index (χ4v) is 1.89. The van der Waals surface area contributed by atoms with Crippen LogP contribution < -0.4 is 0 Å². The summed E-state index contributed by atoms with van der Waals surface area (Å²) in [6.07, 6.45) is 2.49. The number of hydrogen-bond acceptors (Lipinski definition) is 3. The first kappa shape index (κ1) is 11.5. The highest BCUT2D eigenvalue weighted by Gasteiger charge is 2.44. The molecule has 4 nitrogen and oxygen atoms in total. The highest BCUT2D eigenvalue weighted by atomic mass is 16.7. The molecule has 1 N–H and O–H groups in total. The van der Waals surface area contributed by atoms with Crippen molar-refractivity contribution in [3.8, 4) is 0 Å². The zero-order valence-corrected chi connectivity index (χ0v) is 9.00. The van der Waals surface area contributed by atoms with E-state index >= 15 is 0 Å². The summed E-state index contributed by atoms with van der Waals surface area (Å²) in [7, 11) is 3.21. The van der Waals surface area contributed by atoms with Crippen molar-refractivity contribution in [1.82, 2.24) is 0 Å². The summed E-state index contributed by atoms with van der Waals surface area (Å²) in [4.78, 5) is 11.0. The summed E-state index contributed by atoms with van der Waals surface area (Å²) >= 11 is 0. The maximum Gasteiger partial charge on any atom is 0.309 e. The van der Waals surface area contributed by atoms with Gasteiger partial charge in [0, 0.05) is 27.1 Å². The van der Waals surface area contributed by atoms with E-state index in [-0.39, 0.29) is 0 Å². The summed E-state index contributed by atoms with van der Waals surface area (Å²) in [5.74, 6) is -1.28. The van der Waals surface area contributed by atoms with Crippen molar-refractivity contribution in [3.05, 3.63) is 0 Å². The van der Waals surface area contributed by atoms with Gasteiger partial charge < -0.3 is 14.6 Å². The number of ether oxygens (including phenoxy) is 2. The van der Waals surface area contributed by atoms with Crippen LogP contribution in [0.3, 0.4) is 0 Å². The molecular weight excluding hydrogens is 184 g/mol. The Morgan fingerprint density at radius 1 is 1.14 bits per heavy atom.